The zero-order valence-corrected chi connectivity index (χ0v) is 26.2. The first-order valence-corrected chi connectivity index (χ1v) is 14.4. The fourth-order valence-electron chi connectivity index (χ4n) is 4.52. The molecule has 0 aliphatic carbocycles. The Morgan fingerprint density at radius 3 is 2.50 bits per heavy atom. The molecule has 0 N–H and O–H groups in total. The Morgan fingerprint density at radius 2 is 1.86 bits per heavy atom. The second kappa shape index (κ2) is 14.4. The maximum atomic E-state index is 13.5. The lowest BCUT2D eigenvalue weighted by Crippen LogP contribution is -2.35. The molecule has 42 heavy (non-hydrogen) atoms. The topological polar surface area (TPSA) is 114 Å². The number of likely N-dealkylation sites (N-methyl/N-ethyl adjacent to an activating group) is 1. The van der Waals surface area contributed by atoms with Crippen LogP contribution in [-0.2, 0) is 40.1 Å². The molecule has 1 aliphatic rings. The molecule has 0 aromatic carbocycles. The van der Waals surface area contributed by atoms with Crippen molar-refractivity contribution >= 4 is 40.8 Å². The monoisotopic (exact) mass is 597 g/mol. The van der Waals surface area contributed by atoms with Gasteiger partial charge in [0.25, 0.3) is 5.56 Å². The summed E-state index contributed by atoms with van der Waals surface area (Å²) in [4.78, 5) is 63.0. The Hall–Kier alpha value is -3.79. The molecule has 0 spiro atoms. The van der Waals surface area contributed by atoms with Crippen LogP contribution in [-0.4, -0.2) is 77.1 Å². The van der Waals surface area contributed by atoms with Crippen LogP contribution in [0.1, 0.15) is 49.1 Å². The number of Topliss-reactive ketones (excluding diaryl/α,β-unsaturated/α-hetero) is 1. The number of aryl methyl sites for hydroxylation is 1. The van der Waals surface area contributed by atoms with E-state index in [1.165, 1.54) is 40.6 Å². The standard InChI is InChI=1S/C31H40ClN5O5/c1-19(2)14-24-29-23(20(3)17-33-24)16-22(34-29)18-37-27(32)13-12-21(30(37)40)15-25(38)26(42-31(41)36(6)7)10-8-9-11-28(39)35(4)5/h9,11-13,17,19,26H,8,10,14-16,18H2,1-7H3/b11-9+/t26-/m0/s1. The van der Waals surface area contributed by atoms with E-state index in [0.29, 0.717) is 18.8 Å². The lowest BCUT2D eigenvalue weighted by molar-refractivity contribution is -0.127. The van der Waals surface area contributed by atoms with Crippen LogP contribution in [0.4, 0.5) is 10.5 Å². The number of nitrogens with zero attached hydrogens (tertiary/aromatic N) is 5. The molecule has 10 nitrogen and oxygen atoms in total. The van der Waals surface area contributed by atoms with Gasteiger partial charge in [-0.1, -0.05) is 37.6 Å². The van der Waals surface area contributed by atoms with Crippen LogP contribution in [0.25, 0.3) is 0 Å². The molecule has 2 aromatic rings. The Bertz CT molecular complexity index is 1460. The van der Waals surface area contributed by atoms with Crippen LogP contribution in [0, 0.1) is 12.8 Å². The van der Waals surface area contributed by atoms with Crippen LogP contribution in [0.5, 0.6) is 0 Å². The molecule has 11 heteroatoms. The van der Waals surface area contributed by atoms with Crippen LogP contribution in [0.2, 0.25) is 5.15 Å². The van der Waals surface area contributed by atoms with Crippen molar-refractivity contribution in [3.63, 3.8) is 0 Å². The van der Waals surface area contributed by atoms with E-state index in [4.69, 9.17) is 21.3 Å². The largest absolute Gasteiger partial charge is 0.438 e. The second-order valence-corrected chi connectivity index (χ2v) is 11.7. The Morgan fingerprint density at radius 1 is 1.14 bits per heavy atom. The first-order chi connectivity index (χ1) is 19.8. The summed E-state index contributed by atoms with van der Waals surface area (Å²) >= 11 is 6.45. The number of allylic oxidation sites excluding steroid dienone is 1. The number of hydrogen-bond acceptors (Lipinski definition) is 7. The molecule has 0 unspecified atom stereocenters. The molecule has 1 aliphatic heterocycles. The van der Waals surface area contributed by atoms with Gasteiger partial charge >= 0.3 is 6.09 Å². The van der Waals surface area contributed by atoms with Crippen molar-refractivity contribution < 1.29 is 19.1 Å². The number of ketones is 1. The number of ether oxygens (including phenoxy) is 1. The number of carbonyl (C=O) groups excluding carboxylic acids is 3. The highest BCUT2D eigenvalue weighted by Gasteiger charge is 2.26. The van der Waals surface area contributed by atoms with Gasteiger partial charge in [-0.25, -0.2) is 4.79 Å². The molecule has 0 saturated carbocycles. The first kappa shape index (κ1) is 32.7. The molecule has 2 amide bonds. The van der Waals surface area contributed by atoms with Crippen LogP contribution in [0.3, 0.4) is 0 Å². The summed E-state index contributed by atoms with van der Waals surface area (Å²) in [5, 5.41) is 0.235. The van der Waals surface area contributed by atoms with Crippen molar-refractivity contribution in [3.8, 4) is 0 Å². The molecule has 0 saturated heterocycles. The number of aliphatic imine (C=N–C) groups is 1. The summed E-state index contributed by atoms with van der Waals surface area (Å²) < 4.78 is 6.85. The molecule has 3 rings (SSSR count). The number of aromatic nitrogens is 2. The number of hydrogen-bond donors (Lipinski definition) is 0. The number of amides is 2. The SMILES string of the molecule is Cc1cnc(CC(C)C)c2c1CC(Cn1c(Cl)ccc(CC(=O)[C@H](CC/C=C/C(=O)N(C)C)OC(=O)N(C)C)c1=O)=N2. The molecule has 3 heterocycles. The number of rotatable bonds is 12. The third-order valence-electron chi connectivity index (χ3n) is 6.87. The fourth-order valence-corrected chi connectivity index (χ4v) is 4.72. The molecule has 0 radical (unpaired) electrons. The van der Waals surface area contributed by atoms with E-state index in [-0.39, 0.29) is 36.0 Å². The molecular formula is C31H40ClN5O5. The van der Waals surface area contributed by atoms with E-state index >= 15 is 0 Å². The van der Waals surface area contributed by atoms with E-state index in [1.54, 1.807) is 26.2 Å². The summed E-state index contributed by atoms with van der Waals surface area (Å²) in [6, 6.07) is 3.11. The quantitative estimate of drug-likeness (QED) is 0.266. The van der Waals surface area contributed by atoms with Crippen LogP contribution >= 0.6 is 11.6 Å². The zero-order valence-electron chi connectivity index (χ0n) is 25.4. The Balaban J connectivity index is 1.81. The van der Waals surface area contributed by atoms with Crippen LogP contribution in [0.15, 0.2) is 40.3 Å². The van der Waals surface area contributed by atoms with E-state index < -0.39 is 23.5 Å². The summed E-state index contributed by atoms with van der Waals surface area (Å²) in [5.74, 6) is -0.191. The number of carbonyl (C=O) groups is 3. The molecule has 0 fully saturated rings. The van der Waals surface area contributed by atoms with Gasteiger partial charge in [-0.3, -0.25) is 28.9 Å². The third kappa shape index (κ3) is 8.38. The highest BCUT2D eigenvalue weighted by atomic mass is 35.5. The summed E-state index contributed by atoms with van der Waals surface area (Å²) in [6.45, 7) is 6.45. The maximum Gasteiger partial charge on any atom is 0.409 e. The van der Waals surface area contributed by atoms with E-state index in [2.05, 4.69) is 18.8 Å². The Labute approximate surface area is 252 Å². The van der Waals surface area contributed by atoms with Crippen molar-refractivity contribution in [1.82, 2.24) is 19.4 Å². The van der Waals surface area contributed by atoms with Crippen molar-refractivity contribution in [2.45, 2.75) is 65.5 Å². The van der Waals surface area contributed by atoms with Gasteiger partial charge in [-0.2, -0.15) is 0 Å². The van der Waals surface area contributed by atoms with Crippen molar-refractivity contribution in [2.24, 2.45) is 10.9 Å². The summed E-state index contributed by atoms with van der Waals surface area (Å²) in [5.41, 5.74) is 4.60. The Kier molecular flexibility index (Phi) is 11.2. The zero-order chi connectivity index (χ0) is 31.1. The third-order valence-corrected chi connectivity index (χ3v) is 7.20. The lowest BCUT2D eigenvalue weighted by atomic mass is 10.0. The van der Waals surface area contributed by atoms with E-state index in [9.17, 15) is 19.2 Å². The number of halogens is 1. The van der Waals surface area contributed by atoms with Gasteiger partial charge in [0.15, 0.2) is 11.9 Å². The molecular weight excluding hydrogens is 558 g/mol. The smallest absolute Gasteiger partial charge is 0.409 e. The summed E-state index contributed by atoms with van der Waals surface area (Å²) in [6.07, 6.45) is 4.79. The average Bonchev–Trinajstić information content (AvgIpc) is 3.36. The minimum absolute atomic E-state index is 0.165. The molecule has 2 aromatic heterocycles. The van der Waals surface area contributed by atoms with Crippen molar-refractivity contribution in [3.05, 3.63) is 68.4 Å². The highest BCUT2D eigenvalue weighted by molar-refractivity contribution is 6.29. The minimum atomic E-state index is -1.09. The molecule has 1 atom stereocenters. The van der Waals surface area contributed by atoms with Crippen molar-refractivity contribution in [1.29, 1.82) is 0 Å². The maximum absolute atomic E-state index is 13.5. The second-order valence-electron chi connectivity index (χ2n) is 11.4. The predicted molar refractivity (Wildman–Crippen MR) is 164 cm³/mol. The van der Waals surface area contributed by atoms with Gasteiger partial charge in [0.05, 0.1) is 17.9 Å². The van der Waals surface area contributed by atoms with Gasteiger partial charge in [0, 0.05) is 58.5 Å². The number of pyridine rings is 2. The lowest BCUT2D eigenvalue weighted by Gasteiger charge is -2.19. The van der Waals surface area contributed by atoms with Gasteiger partial charge in [-0.15, -0.1) is 0 Å². The summed E-state index contributed by atoms with van der Waals surface area (Å²) in [7, 11) is 6.31. The van der Waals surface area contributed by atoms with Crippen molar-refractivity contribution in [2.75, 3.05) is 28.2 Å². The average molecular weight is 598 g/mol. The van der Waals surface area contributed by atoms with Gasteiger partial charge < -0.3 is 14.5 Å². The van der Waals surface area contributed by atoms with Gasteiger partial charge in [-0.05, 0) is 55.4 Å². The highest BCUT2D eigenvalue weighted by Crippen LogP contribution is 2.33. The van der Waals surface area contributed by atoms with Crippen LogP contribution < -0.4 is 5.56 Å². The predicted octanol–water partition coefficient (Wildman–Crippen LogP) is 4.34. The molecule has 0 bridgehead atoms. The first-order valence-electron chi connectivity index (χ1n) is 14.0. The van der Waals surface area contributed by atoms with Gasteiger partial charge in [0.2, 0.25) is 5.91 Å². The minimum Gasteiger partial charge on any atom is -0.438 e. The molecule has 226 valence electrons. The van der Waals surface area contributed by atoms with E-state index in [1.807, 2.05) is 13.1 Å². The fraction of sp³-hybridized carbons (Fsp3) is 0.484. The normalized spacial score (nSPS) is 13.2. The van der Waals surface area contributed by atoms with E-state index in [0.717, 1.165) is 34.6 Å². The van der Waals surface area contributed by atoms with Gasteiger partial charge in [0.1, 0.15) is 5.15 Å². The number of fused-ring (bicyclic) bond motifs is 1.